The van der Waals surface area contributed by atoms with Gasteiger partial charge in [-0.3, -0.25) is 4.90 Å². The van der Waals surface area contributed by atoms with E-state index in [2.05, 4.69) is 37.9 Å². The van der Waals surface area contributed by atoms with Crippen LogP contribution in [-0.4, -0.2) is 35.1 Å². The van der Waals surface area contributed by atoms with Gasteiger partial charge in [-0.1, -0.05) is 32.6 Å². The predicted molar refractivity (Wildman–Crippen MR) is 79.0 cm³/mol. The van der Waals surface area contributed by atoms with Crippen molar-refractivity contribution in [3.8, 4) is 0 Å². The number of hydrogen-bond acceptors (Lipinski definition) is 2. The maximum Gasteiger partial charge on any atom is 0.0281 e. The fourth-order valence-corrected chi connectivity index (χ4v) is 3.61. The molecule has 2 fully saturated rings. The third kappa shape index (κ3) is 3.08. The summed E-state index contributed by atoms with van der Waals surface area (Å²) in [5.74, 6) is 0. The van der Waals surface area contributed by atoms with E-state index in [9.17, 15) is 0 Å². The smallest absolute Gasteiger partial charge is 0.0281 e. The second-order valence-corrected chi connectivity index (χ2v) is 7.35. The van der Waals surface area contributed by atoms with Crippen LogP contribution in [0.5, 0.6) is 0 Å². The third-order valence-electron chi connectivity index (χ3n) is 5.29. The summed E-state index contributed by atoms with van der Waals surface area (Å²) in [6, 6.07) is 0.829. The maximum absolute atomic E-state index is 3.78. The maximum atomic E-state index is 3.78. The molecule has 0 amide bonds. The lowest BCUT2D eigenvalue weighted by Gasteiger charge is -2.53. The largest absolute Gasteiger partial charge is 0.308 e. The Morgan fingerprint density at radius 1 is 1.06 bits per heavy atom. The molecule has 1 saturated heterocycles. The minimum absolute atomic E-state index is 0.321. The molecule has 1 atom stereocenters. The molecule has 1 saturated carbocycles. The number of nitrogens with one attached hydrogen (secondary N) is 1. The lowest BCUT2D eigenvalue weighted by molar-refractivity contribution is -0.00853. The summed E-state index contributed by atoms with van der Waals surface area (Å²) in [5, 5.41) is 3.78. The summed E-state index contributed by atoms with van der Waals surface area (Å²) in [7, 11) is 0. The zero-order valence-electron chi connectivity index (χ0n) is 12.9. The Morgan fingerprint density at radius 3 is 2.22 bits per heavy atom. The van der Waals surface area contributed by atoms with Gasteiger partial charge in [0.2, 0.25) is 0 Å². The van der Waals surface area contributed by atoms with E-state index in [1.54, 1.807) is 0 Å². The second-order valence-electron chi connectivity index (χ2n) is 7.35. The summed E-state index contributed by atoms with van der Waals surface area (Å²) in [5.41, 5.74) is 0.644. The van der Waals surface area contributed by atoms with Crippen molar-refractivity contribution in [1.29, 1.82) is 0 Å². The fraction of sp³-hybridized carbons (Fsp3) is 1.00. The molecule has 2 rings (SSSR count). The normalized spacial score (nSPS) is 35.3. The van der Waals surface area contributed by atoms with Gasteiger partial charge in [-0.2, -0.15) is 0 Å². The standard InChI is InChI=1S/C16H32N2/c1-5-16(4)13-18(15(2,3)12-17-16)14-10-8-6-7-9-11-14/h14,17H,5-13H2,1-4H3. The minimum Gasteiger partial charge on any atom is -0.308 e. The number of nitrogens with zero attached hydrogens (tertiary/aromatic N) is 1. The molecule has 0 spiro atoms. The van der Waals surface area contributed by atoms with Crippen molar-refractivity contribution >= 4 is 0 Å². The van der Waals surface area contributed by atoms with Crippen LogP contribution in [0.2, 0.25) is 0 Å². The first-order valence-electron chi connectivity index (χ1n) is 7.99. The molecule has 1 heterocycles. The van der Waals surface area contributed by atoms with E-state index in [0.717, 1.165) is 12.6 Å². The summed E-state index contributed by atoms with van der Waals surface area (Å²) in [6.07, 6.45) is 9.85. The van der Waals surface area contributed by atoms with E-state index in [1.807, 2.05) is 0 Å². The quantitative estimate of drug-likeness (QED) is 0.756. The molecule has 0 aromatic heterocycles. The number of rotatable bonds is 2. The van der Waals surface area contributed by atoms with E-state index in [-0.39, 0.29) is 0 Å². The molecule has 2 heteroatoms. The van der Waals surface area contributed by atoms with Crippen molar-refractivity contribution in [3.05, 3.63) is 0 Å². The molecular formula is C16H32N2. The highest BCUT2D eigenvalue weighted by Gasteiger charge is 2.42. The number of hydrogen-bond donors (Lipinski definition) is 1. The summed E-state index contributed by atoms with van der Waals surface area (Å²) < 4.78 is 0. The molecule has 2 aliphatic rings. The molecule has 0 radical (unpaired) electrons. The van der Waals surface area contributed by atoms with Crippen molar-refractivity contribution < 1.29 is 0 Å². The first-order valence-corrected chi connectivity index (χ1v) is 7.99. The Hall–Kier alpha value is -0.0800. The van der Waals surface area contributed by atoms with Gasteiger partial charge >= 0.3 is 0 Å². The van der Waals surface area contributed by atoms with E-state index in [0.29, 0.717) is 11.1 Å². The molecule has 1 aliphatic carbocycles. The molecular weight excluding hydrogens is 220 g/mol. The van der Waals surface area contributed by atoms with Gasteiger partial charge in [0.05, 0.1) is 0 Å². The zero-order valence-corrected chi connectivity index (χ0v) is 12.9. The van der Waals surface area contributed by atoms with Crippen LogP contribution in [0.4, 0.5) is 0 Å². The Morgan fingerprint density at radius 2 is 1.67 bits per heavy atom. The van der Waals surface area contributed by atoms with Gasteiger partial charge in [-0.25, -0.2) is 0 Å². The van der Waals surface area contributed by atoms with Gasteiger partial charge in [0, 0.05) is 30.2 Å². The minimum atomic E-state index is 0.321. The Balaban J connectivity index is 2.10. The van der Waals surface area contributed by atoms with E-state index in [1.165, 1.54) is 51.5 Å². The third-order valence-corrected chi connectivity index (χ3v) is 5.29. The highest BCUT2D eigenvalue weighted by atomic mass is 15.3. The molecule has 0 aromatic rings. The molecule has 2 nitrogen and oxygen atoms in total. The van der Waals surface area contributed by atoms with Gasteiger partial charge in [-0.15, -0.1) is 0 Å². The highest BCUT2D eigenvalue weighted by molar-refractivity contribution is 5.01. The van der Waals surface area contributed by atoms with Crippen molar-refractivity contribution in [2.75, 3.05) is 13.1 Å². The van der Waals surface area contributed by atoms with Crippen LogP contribution in [0.25, 0.3) is 0 Å². The molecule has 106 valence electrons. The van der Waals surface area contributed by atoms with Gasteiger partial charge < -0.3 is 5.32 Å². The Labute approximate surface area is 114 Å². The topological polar surface area (TPSA) is 15.3 Å². The highest BCUT2D eigenvalue weighted by Crippen LogP contribution is 2.32. The van der Waals surface area contributed by atoms with Crippen LogP contribution in [0.3, 0.4) is 0 Å². The van der Waals surface area contributed by atoms with Crippen LogP contribution in [0.1, 0.15) is 72.6 Å². The first-order chi connectivity index (χ1) is 8.47. The molecule has 18 heavy (non-hydrogen) atoms. The lowest BCUT2D eigenvalue weighted by Crippen LogP contribution is -2.69. The monoisotopic (exact) mass is 252 g/mol. The van der Waals surface area contributed by atoms with Crippen LogP contribution < -0.4 is 5.32 Å². The van der Waals surface area contributed by atoms with Crippen LogP contribution in [0, 0.1) is 0 Å². The van der Waals surface area contributed by atoms with Gasteiger partial charge in [0.15, 0.2) is 0 Å². The lowest BCUT2D eigenvalue weighted by atomic mass is 9.86. The second kappa shape index (κ2) is 5.50. The van der Waals surface area contributed by atoms with Gasteiger partial charge in [-0.05, 0) is 40.0 Å². The molecule has 1 N–H and O–H groups in total. The van der Waals surface area contributed by atoms with Crippen LogP contribution in [0.15, 0.2) is 0 Å². The van der Waals surface area contributed by atoms with Crippen LogP contribution >= 0.6 is 0 Å². The predicted octanol–water partition coefficient (Wildman–Crippen LogP) is 3.56. The first kappa shape index (κ1) is 14.3. The molecule has 1 unspecified atom stereocenters. The summed E-state index contributed by atoms with van der Waals surface area (Å²) >= 11 is 0. The number of piperazine rings is 1. The zero-order chi connectivity index (χ0) is 13.2. The summed E-state index contributed by atoms with van der Waals surface area (Å²) in [6.45, 7) is 11.9. The van der Waals surface area contributed by atoms with Crippen LogP contribution in [-0.2, 0) is 0 Å². The Kier molecular flexibility index (Phi) is 4.38. The van der Waals surface area contributed by atoms with E-state index >= 15 is 0 Å². The van der Waals surface area contributed by atoms with Gasteiger partial charge in [0.25, 0.3) is 0 Å². The van der Waals surface area contributed by atoms with E-state index in [4.69, 9.17) is 0 Å². The van der Waals surface area contributed by atoms with Crippen molar-refractivity contribution in [2.45, 2.75) is 89.8 Å². The SMILES string of the molecule is CCC1(C)CN(C2CCCCCC2)C(C)(C)CN1. The summed E-state index contributed by atoms with van der Waals surface area (Å²) in [4.78, 5) is 2.83. The average molecular weight is 252 g/mol. The van der Waals surface area contributed by atoms with Crippen molar-refractivity contribution in [1.82, 2.24) is 10.2 Å². The van der Waals surface area contributed by atoms with Crippen molar-refractivity contribution in [2.24, 2.45) is 0 Å². The fourth-order valence-electron chi connectivity index (χ4n) is 3.61. The van der Waals surface area contributed by atoms with Gasteiger partial charge in [0.1, 0.15) is 0 Å². The average Bonchev–Trinajstić information content (AvgIpc) is 2.61. The Bertz CT molecular complexity index is 266. The molecule has 1 aliphatic heterocycles. The van der Waals surface area contributed by atoms with E-state index < -0.39 is 0 Å². The molecule has 0 bridgehead atoms. The molecule has 0 aromatic carbocycles. The van der Waals surface area contributed by atoms with Crippen molar-refractivity contribution in [3.63, 3.8) is 0 Å².